The van der Waals surface area contributed by atoms with E-state index >= 15 is 0 Å². The van der Waals surface area contributed by atoms with Gasteiger partial charge >= 0.3 is 5.97 Å². The highest BCUT2D eigenvalue weighted by atomic mass is 79.9. The summed E-state index contributed by atoms with van der Waals surface area (Å²) in [6.07, 6.45) is 5.09. The lowest BCUT2D eigenvalue weighted by molar-refractivity contribution is -0.357. The van der Waals surface area contributed by atoms with Crippen LogP contribution in [0.3, 0.4) is 0 Å². The molecule has 2 aromatic carbocycles. The van der Waals surface area contributed by atoms with Crippen molar-refractivity contribution in [3.05, 3.63) is 59.7 Å². The summed E-state index contributed by atoms with van der Waals surface area (Å²) >= 11 is 1.71. The Labute approximate surface area is 181 Å². The first-order valence-corrected chi connectivity index (χ1v) is 9.70. The van der Waals surface area contributed by atoms with Crippen LogP contribution in [-0.4, -0.2) is 35.6 Å². The van der Waals surface area contributed by atoms with Gasteiger partial charge in [0.1, 0.15) is 0 Å². The Hall–Kier alpha value is -2.05. The molecule has 1 heterocycles. The fourth-order valence-electron chi connectivity index (χ4n) is 3.03. The molecule has 0 spiro atoms. The Morgan fingerprint density at radius 3 is 2.43 bits per heavy atom. The van der Waals surface area contributed by atoms with Crippen LogP contribution in [0.2, 0.25) is 0 Å². The highest BCUT2D eigenvalue weighted by molar-refractivity contribution is 8.00. The van der Waals surface area contributed by atoms with Crippen LogP contribution in [0, 0.1) is 0 Å². The predicted molar refractivity (Wildman–Crippen MR) is 113 cm³/mol. The second-order valence-corrected chi connectivity index (χ2v) is 9.27. The number of carbonyl (C=O) groups is 1. The van der Waals surface area contributed by atoms with E-state index in [9.17, 15) is 9.90 Å². The maximum Gasteiger partial charge on any atom is 0.335 e. The molecule has 0 aromatic heterocycles. The molecule has 0 saturated heterocycles. The summed E-state index contributed by atoms with van der Waals surface area (Å²) in [6, 6.07) is 13.7. The van der Waals surface area contributed by atoms with Gasteiger partial charge in [0.2, 0.25) is 5.69 Å². The van der Waals surface area contributed by atoms with Crippen LogP contribution < -0.4 is 26.9 Å². The number of hydrogen-bond acceptors (Lipinski definition) is 3. The number of nitrogens with one attached hydrogen (secondary N) is 1. The van der Waals surface area contributed by atoms with Crippen molar-refractivity contribution in [2.45, 2.75) is 29.9 Å². The number of rotatable bonds is 4. The molecule has 0 saturated carbocycles. The average Bonchev–Trinajstić information content (AvgIpc) is 2.73. The number of anilines is 1. The molecule has 0 radical (unpaired) electrons. The van der Waals surface area contributed by atoms with Crippen molar-refractivity contribution in [3.8, 4) is 0 Å². The minimum absolute atomic E-state index is 0. The van der Waals surface area contributed by atoms with Crippen molar-refractivity contribution in [3.63, 3.8) is 0 Å². The number of benzene rings is 2. The van der Waals surface area contributed by atoms with Gasteiger partial charge in [-0.25, -0.2) is 9.79 Å². The Bertz CT molecular complexity index is 919. The van der Waals surface area contributed by atoms with Crippen LogP contribution >= 0.6 is 11.8 Å². The number of hydrogen-bond donors (Lipinski definition) is 2. The third-order valence-corrected chi connectivity index (χ3v) is 5.67. The summed E-state index contributed by atoms with van der Waals surface area (Å²) in [5.74, 6) is -0.897. The van der Waals surface area contributed by atoms with Gasteiger partial charge in [-0.1, -0.05) is 12.1 Å². The molecule has 0 amide bonds. The zero-order valence-corrected chi connectivity index (χ0v) is 18.9. The molecule has 0 aliphatic carbocycles. The number of allylic oxidation sites excluding steroid dienone is 1. The molecule has 2 N–H and O–H groups in total. The lowest BCUT2D eigenvalue weighted by Crippen LogP contribution is -3.00. The Kier molecular flexibility index (Phi) is 7.12. The van der Waals surface area contributed by atoms with Crippen LogP contribution in [0.4, 0.5) is 11.4 Å². The van der Waals surface area contributed by atoms with E-state index in [-0.39, 0.29) is 21.7 Å². The largest absolute Gasteiger partial charge is 1.00 e. The van der Waals surface area contributed by atoms with E-state index in [1.54, 1.807) is 23.9 Å². The molecule has 3 rings (SSSR count). The smallest absolute Gasteiger partial charge is 0.335 e. The highest BCUT2D eigenvalue weighted by Crippen LogP contribution is 2.39. The zero-order chi connectivity index (χ0) is 19.6. The summed E-state index contributed by atoms with van der Waals surface area (Å²) in [4.78, 5) is 17.8. The fraction of sp³-hybridized carbons (Fsp3) is 0.273. The molecule has 148 valence electrons. The second-order valence-electron chi connectivity index (χ2n) is 7.52. The lowest BCUT2D eigenvalue weighted by Gasteiger charge is -2.20. The number of carboxylic acids is 1. The van der Waals surface area contributed by atoms with E-state index < -0.39 is 5.97 Å². The quantitative estimate of drug-likeness (QED) is 0.701. The molecule has 1 aliphatic heterocycles. The summed E-state index contributed by atoms with van der Waals surface area (Å²) in [5.41, 5.74) is 4.71. The number of carboxylic acid groups (broad SMARTS) is 1. The maximum absolute atomic E-state index is 11.3. The molecular formula is C22H25BrN2O2S. The van der Waals surface area contributed by atoms with Gasteiger partial charge < -0.3 is 27.0 Å². The van der Waals surface area contributed by atoms with Crippen molar-refractivity contribution in [1.82, 2.24) is 0 Å². The summed E-state index contributed by atoms with van der Waals surface area (Å²) in [5, 5.41) is 9.25. The number of aromatic carboxylic acids is 1. The SMILES string of the molecule is CN(C)c1ccc(/C=C/C2=[NH+]c3ccc(C(=O)O)cc3SC(C)(C)C2)cc1.[Br-]. The van der Waals surface area contributed by atoms with E-state index in [2.05, 4.69) is 60.2 Å². The van der Waals surface area contributed by atoms with E-state index in [1.807, 2.05) is 20.2 Å². The Morgan fingerprint density at radius 1 is 1.14 bits per heavy atom. The van der Waals surface area contributed by atoms with Crippen LogP contribution in [-0.2, 0) is 0 Å². The molecule has 0 fully saturated rings. The first kappa shape index (κ1) is 22.2. The molecule has 6 heteroatoms. The summed E-state index contributed by atoms with van der Waals surface area (Å²) in [6.45, 7) is 4.36. The van der Waals surface area contributed by atoms with Gasteiger partial charge in [0.05, 0.1) is 10.5 Å². The minimum Gasteiger partial charge on any atom is -1.00 e. The Morgan fingerprint density at radius 2 is 1.82 bits per heavy atom. The van der Waals surface area contributed by atoms with E-state index in [4.69, 9.17) is 0 Å². The fourth-order valence-corrected chi connectivity index (χ4v) is 4.27. The normalized spacial score (nSPS) is 15.2. The lowest BCUT2D eigenvalue weighted by atomic mass is 10.0. The molecule has 0 atom stereocenters. The van der Waals surface area contributed by atoms with Gasteiger partial charge in [-0.05, 0) is 49.8 Å². The minimum atomic E-state index is -0.897. The van der Waals surface area contributed by atoms with Crippen molar-refractivity contribution in [1.29, 1.82) is 0 Å². The zero-order valence-electron chi connectivity index (χ0n) is 16.5. The summed E-state index contributed by atoms with van der Waals surface area (Å²) in [7, 11) is 4.06. The highest BCUT2D eigenvalue weighted by Gasteiger charge is 2.30. The van der Waals surface area contributed by atoms with E-state index in [1.165, 1.54) is 5.69 Å². The standard InChI is InChI=1S/C22H24N2O2S.BrH/c1-22(2)14-17(9-5-15-6-10-18(11-7-15)24(3)4)23-19-12-8-16(21(25)26)13-20(19)27-22;/h5-13H,14H2,1-4H3,(H,25,26);1H/b9-5+;. The first-order chi connectivity index (χ1) is 12.7. The van der Waals surface area contributed by atoms with Crippen LogP contribution in [0.25, 0.3) is 6.08 Å². The number of nitrogens with zero attached hydrogens (tertiary/aromatic N) is 1. The molecule has 28 heavy (non-hydrogen) atoms. The van der Waals surface area contributed by atoms with Crippen molar-refractivity contribution < 1.29 is 31.9 Å². The molecule has 4 nitrogen and oxygen atoms in total. The van der Waals surface area contributed by atoms with Gasteiger partial charge in [-0.3, -0.25) is 0 Å². The molecule has 2 aromatic rings. The molecular weight excluding hydrogens is 436 g/mol. The van der Waals surface area contributed by atoms with Gasteiger partial charge in [-0.2, -0.15) is 0 Å². The number of halogens is 1. The monoisotopic (exact) mass is 460 g/mol. The van der Waals surface area contributed by atoms with Crippen LogP contribution in [0.1, 0.15) is 36.2 Å². The summed E-state index contributed by atoms with van der Waals surface area (Å²) < 4.78 is -0.0379. The molecule has 0 unspecified atom stereocenters. The van der Waals surface area contributed by atoms with Crippen molar-refractivity contribution >= 4 is 40.9 Å². The number of thioether (sulfide) groups is 1. The van der Waals surface area contributed by atoms with Gasteiger partial charge in [0.25, 0.3) is 0 Å². The van der Waals surface area contributed by atoms with E-state index in [0.29, 0.717) is 5.56 Å². The van der Waals surface area contributed by atoms with Gasteiger partial charge in [0.15, 0.2) is 5.71 Å². The maximum atomic E-state index is 11.3. The van der Waals surface area contributed by atoms with Crippen LogP contribution in [0.5, 0.6) is 0 Å². The third kappa shape index (κ3) is 5.49. The number of fused-ring (bicyclic) bond motifs is 1. The van der Waals surface area contributed by atoms with Crippen molar-refractivity contribution in [2.24, 2.45) is 0 Å². The van der Waals surface area contributed by atoms with Gasteiger partial charge in [0, 0.05) is 43.1 Å². The van der Waals surface area contributed by atoms with Crippen molar-refractivity contribution in [2.75, 3.05) is 19.0 Å². The molecule has 1 aliphatic rings. The predicted octanol–water partition coefficient (Wildman–Crippen LogP) is 0.596. The Balaban J connectivity index is 0.00000280. The average molecular weight is 461 g/mol. The topological polar surface area (TPSA) is 54.5 Å². The first-order valence-electron chi connectivity index (χ1n) is 8.88. The molecule has 0 bridgehead atoms. The van der Waals surface area contributed by atoms with E-state index in [0.717, 1.165) is 28.3 Å². The van der Waals surface area contributed by atoms with Gasteiger partial charge in [-0.15, -0.1) is 11.8 Å². The van der Waals surface area contributed by atoms with Crippen LogP contribution in [0.15, 0.2) is 53.4 Å². The second kappa shape index (κ2) is 8.97. The third-order valence-electron chi connectivity index (χ3n) is 4.41.